The summed E-state index contributed by atoms with van der Waals surface area (Å²) in [4.78, 5) is 36.8. The first kappa shape index (κ1) is 25.3. The van der Waals surface area contributed by atoms with Crippen LogP contribution in [0.5, 0.6) is 5.75 Å². The number of phenols is 1. The fourth-order valence-corrected chi connectivity index (χ4v) is 4.12. The normalized spacial score (nSPS) is 12.7. The highest BCUT2D eigenvalue weighted by atomic mass is 16.3. The van der Waals surface area contributed by atoms with Gasteiger partial charge in [-0.05, 0) is 53.7 Å². The van der Waals surface area contributed by atoms with E-state index in [9.17, 15) is 14.7 Å². The number of anilines is 1. The molecule has 0 saturated heterocycles. The third-order valence-corrected chi connectivity index (χ3v) is 6.00. The number of hydrogen-bond donors (Lipinski definition) is 2. The Kier molecular flexibility index (Phi) is 8.08. The van der Waals surface area contributed by atoms with E-state index in [1.165, 1.54) is 0 Å². The lowest BCUT2D eigenvalue weighted by Gasteiger charge is -2.21. The van der Waals surface area contributed by atoms with Crippen LogP contribution < -0.4 is 5.32 Å². The molecule has 9 nitrogen and oxygen atoms in total. The summed E-state index contributed by atoms with van der Waals surface area (Å²) in [5, 5.41) is 15.5. The summed E-state index contributed by atoms with van der Waals surface area (Å²) >= 11 is 0. The molecule has 0 fully saturated rings. The van der Waals surface area contributed by atoms with Crippen molar-refractivity contribution in [3.05, 3.63) is 111 Å². The maximum absolute atomic E-state index is 12.9. The molecule has 3 aromatic rings. The SMILES string of the molecule is CC1=C(/C=C\CC(=O)N=[N+]=[N-])c2nc(Cc3ccccc3)c(NC(=O)Cc3ccc(O)cc3)nc2CC1. The minimum atomic E-state index is -0.560. The van der Waals surface area contributed by atoms with Crippen LogP contribution in [0.4, 0.5) is 5.82 Å². The van der Waals surface area contributed by atoms with Gasteiger partial charge in [0.25, 0.3) is 0 Å². The van der Waals surface area contributed by atoms with Crippen LogP contribution in [0.2, 0.25) is 0 Å². The fourth-order valence-electron chi connectivity index (χ4n) is 4.12. The van der Waals surface area contributed by atoms with Gasteiger partial charge in [0.05, 0.1) is 23.5 Å². The predicted molar refractivity (Wildman–Crippen MR) is 141 cm³/mol. The van der Waals surface area contributed by atoms with E-state index in [1.807, 2.05) is 43.3 Å². The van der Waals surface area contributed by atoms with Crippen LogP contribution in [0.3, 0.4) is 0 Å². The molecule has 0 atom stereocenters. The number of aryl methyl sites for hydroxylation is 1. The Morgan fingerprint density at radius 3 is 2.57 bits per heavy atom. The number of aromatic hydroxyl groups is 1. The summed E-state index contributed by atoms with van der Waals surface area (Å²) in [5.74, 6) is -0.220. The number of azide groups is 1. The maximum atomic E-state index is 12.9. The van der Waals surface area contributed by atoms with Gasteiger partial charge in [0, 0.05) is 23.3 Å². The average molecular weight is 495 g/mol. The smallest absolute Gasteiger partial charge is 0.229 e. The lowest BCUT2D eigenvalue weighted by atomic mass is 9.92. The third kappa shape index (κ3) is 6.68. The Morgan fingerprint density at radius 1 is 1.08 bits per heavy atom. The predicted octanol–water partition coefficient (Wildman–Crippen LogP) is 5.46. The zero-order valence-corrected chi connectivity index (χ0v) is 20.4. The molecular formula is C28H26N6O3. The van der Waals surface area contributed by atoms with Gasteiger partial charge in [-0.25, -0.2) is 9.97 Å². The van der Waals surface area contributed by atoms with Gasteiger partial charge in [-0.1, -0.05) is 60.2 Å². The highest BCUT2D eigenvalue weighted by molar-refractivity contribution is 5.92. The molecule has 0 radical (unpaired) electrons. The Labute approximate surface area is 214 Å². The van der Waals surface area contributed by atoms with Crippen molar-refractivity contribution in [2.75, 3.05) is 5.32 Å². The molecule has 4 rings (SSSR count). The van der Waals surface area contributed by atoms with Crippen molar-refractivity contribution in [1.29, 1.82) is 0 Å². The molecule has 0 spiro atoms. The van der Waals surface area contributed by atoms with Crippen molar-refractivity contribution < 1.29 is 14.7 Å². The first-order valence-electron chi connectivity index (χ1n) is 11.9. The van der Waals surface area contributed by atoms with Gasteiger partial charge in [-0.2, -0.15) is 0 Å². The number of benzene rings is 2. The molecule has 9 heteroatoms. The van der Waals surface area contributed by atoms with Crippen molar-refractivity contribution in [1.82, 2.24) is 9.97 Å². The van der Waals surface area contributed by atoms with Crippen molar-refractivity contribution in [3.63, 3.8) is 0 Å². The van der Waals surface area contributed by atoms with E-state index < -0.39 is 5.91 Å². The molecule has 0 saturated carbocycles. The molecule has 1 aromatic heterocycles. The van der Waals surface area contributed by atoms with Crippen LogP contribution >= 0.6 is 0 Å². The van der Waals surface area contributed by atoms with E-state index >= 15 is 0 Å². The monoisotopic (exact) mass is 494 g/mol. The van der Waals surface area contributed by atoms with Gasteiger partial charge in [0.1, 0.15) is 5.75 Å². The van der Waals surface area contributed by atoms with E-state index in [4.69, 9.17) is 15.5 Å². The quantitative estimate of drug-likeness (QED) is 0.243. The molecule has 2 amide bonds. The summed E-state index contributed by atoms with van der Waals surface area (Å²) in [6, 6.07) is 16.3. The first-order chi connectivity index (χ1) is 17.9. The second-order valence-electron chi connectivity index (χ2n) is 8.75. The summed E-state index contributed by atoms with van der Waals surface area (Å²) in [7, 11) is 0. The molecule has 0 aliphatic heterocycles. The van der Waals surface area contributed by atoms with Crippen LogP contribution in [-0.4, -0.2) is 26.9 Å². The van der Waals surface area contributed by atoms with Crippen molar-refractivity contribution in [2.45, 2.75) is 39.0 Å². The topological polar surface area (TPSA) is 141 Å². The van der Waals surface area contributed by atoms with E-state index in [0.29, 0.717) is 24.4 Å². The molecule has 0 unspecified atom stereocenters. The average Bonchev–Trinajstić information content (AvgIpc) is 2.88. The Hall–Kier alpha value is -4.75. The summed E-state index contributed by atoms with van der Waals surface area (Å²) in [6.45, 7) is 2.02. The second kappa shape index (κ2) is 11.8. The standard InChI is InChI=1S/C28H26N6O3/c1-18-10-15-23-27(22(18)8-5-9-25(36)33-34-29)30-24(16-19-6-3-2-4-7-19)28(31-23)32-26(37)17-20-11-13-21(35)14-12-20/h2-8,11-14,35H,9-10,15-17H2,1H3,(H,31,32,37)/b8-5-. The van der Waals surface area contributed by atoms with E-state index in [-0.39, 0.29) is 24.5 Å². The second-order valence-corrected chi connectivity index (χ2v) is 8.75. The highest BCUT2D eigenvalue weighted by Crippen LogP contribution is 2.32. The van der Waals surface area contributed by atoms with Gasteiger partial charge >= 0.3 is 0 Å². The van der Waals surface area contributed by atoms with Crippen molar-refractivity contribution >= 4 is 23.2 Å². The number of hydrogen-bond acceptors (Lipinski definition) is 5. The number of allylic oxidation sites excluding steroid dienone is 3. The van der Waals surface area contributed by atoms with E-state index in [1.54, 1.807) is 30.3 Å². The Morgan fingerprint density at radius 2 is 1.84 bits per heavy atom. The molecule has 1 heterocycles. The first-order valence-corrected chi connectivity index (χ1v) is 11.9. The summed E-state index contributed by atoms with van der Waals surface area (Å²) in [6.07, 6.45) is 5.53. The molecule has 186 valence electrons. The Bertz CT molecular complexity index is 1420. The number of aromatic nitrogens is 2. The zero-order chi connectivity index (χ0) is 26.2. The van der Waals surface area contributed by atoms with Gasteiger partial charge in [0.2, 0.25) is 11.8 Å². The van der Waals surface area contributed by atoms with Gasteiger partial charge in [0.15, 0.2) is 5.82 Å². The minimum Gasteiger partial charge on any atom is -0.508 e. The largest absolute Gasteiger partial charge is 0.508 e. The van der Waals surface area contributed by atoms with Crippen molar-refractivity contribution in [3.8, 4) is 5.75 Å². The van der Waals surface area contributed by atoms with Crippen LogP contribution in [0.25, 0.3) is 16.0 Å². The lowest BCUT2D eigenvalue weighted by Crippen LogP contribution is -2.20. The summed E-state index contributed by atoms with van der Waals surface area (Å²) in [5.41, 5.74) is 14.3. The van der Waals surface area contributed by atoms with Crippen LogP contribution in [0, 0.1) is 0 Å². The number of fused-ring (bicyclic) bond motifs is 1. The molecule has 37 heavy (non-hydrogen) atoms. The molecule has 2 aromatic carbocycles. The maximum Gasteiger partial charge on any atom is 0.229 e. The van der Waals surface area contributed by atoms with Crippen LogP contribution in [0.15, 0.2) is 77.4 Å². The number of carbonyl (C=O) groups is 2. The molecule has 1 aliphatic rings. The molecule has 1 aliphatic carbocycles. The number of nitrogens with one attached hydrogen (secondary N) is 1. The number of phenolic OH excluding ortho intramolecular Hbond substituents is 1. The molecular weight excluding hydrogens is 468 g/mol. The fraction of sp³-hybridized carbons (Fsp3) is 0.214. The van der Waals surface area contributed by atoms with Crippen LogP contribution in [0.1, 0.15) is 48.0 Å². The number of rotatable bonds is 8. The van der Waals surface area contributed by atoms with Gasteiger partial charge in [-0.15, -0.1) is 0 Å². The van der Waals surface area contributed by atoms with Gasteiger partial charge < -0.3 is 10.4 Å². The number of amides is 2. The van der Waals surface area contributed by atoms with E-state index in [2.05, 4.69) is 15.3 Å². The van der Waals surface area contributed by atoms with Crippen LogP contribution in [-0.2, 0) is 28.9 Å². The molecule has 2 N–H and O–H groups in total. The molecule has 0 bridgehead atoms. The van der Waals surface area contributed by atoms with E-state index in [0.717, 1.165) is 40.1 Å². The van der Waals surface area contributed by atoms with Crippen molar-refractivity contribution in [2.24, 2.45) is 5.11 Å². The minimum absolute atomic E-state index is 0.00806. The van der Waals surface area contributed by atoms with Gasteiger partial charge in [-0.3, -0.25) is 9.59 Å². The third-order valence-electron chi connectivity index (χ3n) is 6.00. The lowest BCUT2D eigenvalue weighted by molar-refractivity contribution is -0.117. The Balaban J connectivity index is 1.66. The highest BCUT2D eigenvalue weighted by Gasteiger charge is 2.22. The number of nitrogens with zero attached hydrogens (tertiary/aromatic N) is 5. The zero-order valence-electron chi connectivity index (χ0n) is 20.4. The number of carbonyl (C=O) groups excluding carboxylic acids is 2. The summed E-state index contributed by atoms with van der Waals surface area (Å²) < 4.78 is 0.